The van der Waals surface area contributed by atoms with E-state index in [9.17, 15) is 4.79 Å². The number of epoxide rings is 1. The molecule has 2 aliphatic heterocycles. The highest BCUT2D eigenvalue weighted by Gasteiger charge is 2.41. The smallest absolute Gasteiger partial charge is 0.267 e. The van der Waals surface area contributed by atoms with Crippen molar-refractivity contribution in [1.29, 1.82) is 0 Å². The predicted octanol–water partition coefficient (Wildman–Crippen LogP) is 4.20. The summed E-state index contributed by atoms with van der Waals surface area (Å²) in [4.78, 5) is 17.5. The minimum atomic E-state index is -0.229. The van der Waals surface area contributed by atoms with E-state index in [-0.39, 0.29) is 17.9 Å². The number of methoxy groups -OCH3 is 2. The van der Waals surface area contributed by atoms with Crippen LogP contribution in [-0.4, -0.2) is 39.8 Å². The second kappa shape index (κ2) is 8.74. The van der Waals surface area contributed by atoms with Gasteiger partial charge < -0.3 is 24.1 Å². The fourth-order valence-electron chi connectivity index (χ4n) is 5.09. The second-order valence-electron chi connectivity index (χ2n) is 9.50. The first-order valence-electron chi connectivity index (χ1n) is 12.4. The maximum atomic E-state index is 12.6. The van der Waals surface area contributed by atoms with Crippen LogP contribution in [0, 0.1) is 0 Å². The van der Waals surface area contributed by atoms with Gasteiger partial charge in [0.25, 0.3) is 5.56 Å². The quantitative estimate of drug-likeness (QED) is 0.358. The maximum absolute atomic E-state index is 12.6. The van der Waals surface area contributed by atoms with E-state index in [0.717, 1.165) is 39.0 Å². The standard InChI is InChI=1S/C29H25N5O4/c1-36-24-13-22-23(14-25(24)37-2)33-15-17-5-3-7-19(11-17)21-9-10-26(35)34(32-21)16-18-6-4-8-20(12-18)27-28(38-27)31-29(33)30-22/h3-14,27-28H,15-16H2,1-2H3,(H,30,31). The highest BCUT2D eigenvalue weighted by molar-refractivity contribution is 5.83. The average Bonchev–Trinajstić information content (AvgIpc) is 3.64. The molecule has 2 atom stereocenters. The lowest BCUT2D eigenvalue weighted by molar-refractivity contribution is 0.355. The summed E-state index contributed by atoms with van der Waals surface area (Å²) in [7, 11) is 3.24. The Labute approximate surface area is 218 Å². The van der Waals surface area contributed by atoms with Crippen molar-refractivity contribution >= 4 is 17.0 Å². The lowest BCUT2D eigenvalue weighted by Gasteiger charge is -2.13. The van der Waals surface area contributed by atoms with Crippen LogP contribution in [0.4, 0.5) is 5.95 Å². The molecule has 0 saturated carbocycles. The van der Waals surface area contributed by atoms with Gasteiger partial charge in [0, 0.05) is 23.8 Å². The number of hydrogen-bond donors (Lipinski definition) is 1. The van der Waals surface area contributed by atoms with Crippen LogP contribution in [0.1, 0.15) is 22.8 Å². The molecule has 190 valence electrons. The fraction of sp³-hybridized carbons (Fsp3) is 0.207. The number of ether oxygens (including phenoxy) is 3. The van der Waals surface area contributed by atoms with Gasteiger partial charge in [-0.05, 0) is 28.8 Å². The van der Waals surface area contributed by atoms with Crippen molar-refractivity contribution in [2.24, 2.45) is 0 Å². The van der Waals surface area contributed by atoms with E-state index < -0.39 is 0 Å². The molecule has 1 saturated heterocycles. The average molecular weight is 508 g/mol. The van der Waals surface area contributed by atoms with Crippen LogP contribution in [-0.2, 0) is 17.8 Å². The zero-order valence-corrected chi connectivity index (χ0v) is 20.9. The van der Waals surface area contributed by atoms with Crippen LogP contribution in [0.3, 0.4) is 0 Å². The number of anilines is 1. The van der Waals surface area contributed by atoms with Crippen molar-refractivity contribution in [3.8, 4) is 22.8 Å². The summed E-state index contributed by atoms with van der Waals surface area (Å²) >= 11 is 0. The van der Waals surface area contributed by atoms with E-state index in [0.29, 0.717) is 30.5 Å². The number of fused-ring (bicyclic) bond motifs is 12. The lowest BCUT2D eigenvalue weighted by Crippen LogP contribution is -2.23. The molecule has 1 fully saturated rings. The highest BCUT2D eigenvalue weighted by atomic mass is 16.6. The van der Waals surface area contributed by atoms with Crippen molar-refractivity contribution in [2.75, 3.05) is 19.5 Å². The molecule has 2 aliphatic rings. The molecule has 4 heterocycles. The molecule has 38 heavy (non-hydrogen) atoms. The number of aromatic nitrogens is 4. The Bertz CT molecular complexity index is 1760. The highest BCUT2D eigenvalue weighted by Crippen LogP contribution is 2.41. The largest absolute Gasteiger partial charge is 0.493 e. The second-order valence-corrected chi connectivity index (χ2v) is 9.50. The summed E-state index contributed by atoms with van der Waals surface area (Å²) < 4.78 is 20.8. The van der Waals surface area contributed by atoms with Crippen molar-refractivity contribution in [3.63, 3.8) is 0 Å². The fourth-order valence-corrected chi connectivity index (χ4v) is 5.09. The van der Waals surface area contributed by atoms with E-state index in [4.69, 9.17) is 24.3 Å². The van der Waals surface area contributed by atoms with Crippen molar-refractivity contribution in [2.45, 2.75) is 25.4 Å². The zero-order chi connectivity index (χ0) is 25.8. The maximum Gasteiger partial charge on any atom is 0.267 e. The number of rotatable bonds is 2. The summed E-state index contributed by atoms with van der Waals surface area (Å²) in [5.74, 6) is 1.95. The number of nitrogens with one attached hydrogen (secondary N) is 1. The first kappa shape index (κ1) is 22.6. The molecule has 2 aromatic heterocycles. The Balaban J connectivity index is 1.41. The molecule has 0 spiro atoms. The Hall–Kier alpha value is -4.63. The van der Waals surface area contributed by atoms with Crippen molar-refractivity contribution < 1.29 is 14.2 Å². The van der Waals surface area contributed by atoms with E-state index >= 15 is 0 Å². The SMILES string of the molecule is COc1cc2nc3n(c2cc1OC)Cc1cccc(c1)-c1ccc(=O)n(n1)Cc1cccc(c1)C1OC1N3. The normalized spacial score (nSPS) is 17.7. The molecule has 2 unspecified atom stereocenters. The molecule has 5 aromatic rings. The zero-order valence-electron chi connectivity index (χ0n) is 20.9. The molecule has 9 heteroatoms. The third-order valence-corrected chi connectivity index (χ3v) is 7.06. The van der Waals surface area contributed by atoms with Gasteiger partial charge in [-0.2, -0.15) is 5.10 Å². The van der Waals surface area contributed by atoms with E-state index in [1.807, 2.05) is 42.5 Å². The van der Waals surface area contributed by atoms with Gasteiger partial charge in [-0.1, -0.05) is 42.5 Å². The number of imidazole rings is 1. The Morgan fingerprint density at radius 2 is 1.71 bits per heavy atom. The van der Waals surface area contributed by atoms with Gasteiger partial charge in [-0.25, -0.2) is 9.67 Å². The molecule has 7 rings (SSSR count). The van der Waals surface area contributed by atoms with Gasteiger partial charge in [0.2, 0.25) is 5.95 Å². The summed E-state index contributed by atoms with van der Waals surface area (Å²) in [5.41, 5.74) is 6.29. The summed E-state index contributed by atoms with van der Waals surface area (Å²) in [6.07, 6.45) is -0.354. The minimum absolute atomic E-state index is 0.125. The lowest BCUT2D eigenvalue weighted by atomic mass is 10.1. The first-order valence-corrected chi connectivity index (χ1v) is 12.4. The molecule has 0 amide bonds. The number of nitrogens with zero attached hydrogens (tertiary/aromatic N) is 4. The van der Waals surface area contributed by atoms with Gasteiger partial charge >= 0.3 is 0 Å². The van der Waals surface area contributed by atoms with Crippen LogP contribution < -0.4 is 20.3 Å². The van der Waals surface area contributed by atoms with E-state index in [2.05, 4.69) is 28.1 Å². The molecule has 9 nitrogen and oxygen atoms in total. The molecule has 0 aliphatic carbocycles. The summed E-state index contributed by atoms with van der Waals surface area (Å²) in [5, 5.41) is 8.19. The molecule has 0 radical (unpaired) electrons. The molecule has 1 N–H and O–H groups in total. The van der Waals surface area contributed by atoms with Crippen LogP contribution in [0.5, 0.6) is 11.5 Å². The van der Waals surface area contributed by atoms with E-state index in [1.165, 1.54) is 4.68 Å². The van der Waals surface area contributed by atoms with Gasteiger partial charge in [0.15, 0.2) is 17.7 Å². The van der Waals surface area contributed by atoms with Crippen LogP contribution in [0.2, 0.25) is 0 Å². The monoisotopic (exact) mass is 507 g/mol. The third kappa shape index (κ3) is 3.88. The Kier molecular flexibility index (Phi) is 5.19. The van der Waals surface area contributed by atoms with Crippen LogP contribution in [0.25, 0.3) is 22.3 Å². The van der Waals surface area contributed by atoms with Gasteiger partial charge in [-0.15, -0.1) is 0 Å². The molecular formula is C29H25N5O4. The predicted molar refractivity (Wildman–Crippen MR) is 143 cm³/mol. The molecular weight excluding hydrogens is 482 g/mol. The van der Waals surface area contributed by atoms with E-state index in [1.54, 1.807) is 26.4 Å². The number of hydrogen-bond acceptors (Lipinski definition) is 7. The third-order valence-electron chi connectivity index (χ3n) is 7.06. The van der Waals surface area contributed by atoms with Crippen LogP contribution in [0.15, 0.2) is 77.6 Å². The minimum Gasteiger partial charge on any atom is -0.493 e. The summed E-state index contributed by atoms with van der Waals surface area (Å²) in [6.45, 7) is 0.930. The molecule has 6 bridgehead atoms. The van der Waals surface area contributed by atoms with Gasteiger partial charge in [0.1, 0.15) is 6.10 Å². The number of benzene rings is 3. The first-order chi connectivity index (χ1) is 18.6. The van der Waals surface area contributed by atoms with Gasteiger partial charge in [0.05, 0.1) is 44.0 Å². The van der Waals surface area contributed by atoms with Crippen LogP contribution >= 0.6 is 0 Å². The Morgan fingerprint density at radius 3 is 2.55 bits per heavy atom. The molecule has 3 aromatic carbocycles. The summed E-state index contributed by atoms with van der Waals surface area (Å²) in [6, 6.07) is 23.4. The Morgan fingerprint density at radius 1 is 0.921 bits per heavy atom. The van der Waals surface area contributed by atoms with Crippen molar-refractivity contribution in [1.82, 2.24) is 19.3 Å². The topological polar surface area (TPSA) is 95.7 Å². The van der Waals surface area contributed by atoms with Crippen molar-refractivity contribution in [3.05, 3.63) is 99.8 Å². The van der Waals surface area contributed by atoms with Gasteiger partial charge in [-0.3, -0.25) is 4.79 Å².